The highest BCUT2D eigenvalue weighted by Gasteiger charge is 2.07. The largest absolute Gasteiger partial charge is 0.478 e. The molecule has 108 valence electrons. The number of urea groups is 1. The molecule has 8 heteroatoms. The first-order valence-corrected chi connectivity index (χ1v) is 6.06. The number of amides is 2. The van der Waals surface area contributed by atoms with Gasteiger partial charge in [-0.1, -0.05) is 0 Å². The second-order valence-electron chi connectivity index (χ2n) is 4.17. The van der Waals surface area contributed by atoms with Crippen LogP contribution in [-0.4, -0.2) is 32.1 Å². The molecule has 0 aromatic carbocycles. The highest BCUT2D eigenvalue weighted by atomic mass is 16.4. The first kappa shape index (κ1) is 14.4. The molecule has 21 heavy (non-hydrogen) atoms. The highest BCUT2D eigenvalue weighted by Crippen LogP contribution is 2.08. The number of anilines is 1. The summed E-state index contributed by atoms with van der Waals surface area (Å²) < 4.78 is 0. The Bertz CT molecular complexity index is 674. The molecular formula is C13H13N5O3. The smallest absolute Gasteiger partial charge is 0.337 e. The number of aromatic carboxylic acids is 1. The number of carboxylic acid groups (broad SMARTS) is 1. The maximum atomic E-state index is 11.7. The van der Waals surface area contributed by atoms with Crippen molar-refractivity contribution in [1.82, 2.24) is 20.3 Å². The van der Waals surface area contributed by atoms with Crippen LogP contribution in [-0.2, 0) is 6.54 Å². The monoisotopic (exact) mass is 287 g/mol. The Kier molecular flexibility index (Phi) is 4.39. The number of aromatic nitrogens is 3. The molecule has 0 aliphatic heterocycles. The number of nitrogens with one attached hydrogen (secondary N) is 2. The number of rotatable bonds is 4. The number of hydrogen-bond donors (Lipinski definition) is 3. The lowest BCUT2D eigenvalue weighted by atomic mass is 10.2. The molecule has 0 atom stereocenters. The van der Waals surface area contributed by atoms with Crippen LogP contribution < -0.4 is 10.6 Å². The van der Waals surface area contributed by atoms with E-state index in [1.54, 1.807) is 19.2 Å². The lowest BCUT2D eigenvalue weighted by molar-refractivity contribution is 0.0696. The molecule has 8 nitrogen and oxygen atoms in total. The van der Waals surface area contributed by atoms with E-state index in [4.69, 9.17) is 5.11 Å². The van der Waals surface area contributed by atoms with Crippen LogP contribution in [0.3, 0.4) is 0 Å². The number of aryl methyl sites for hydroxylation is 1. The summed E-state index contributed by atoms with van der Waals surface area (Å²) >= 11 is 0. The highest BCUT2D eigenvalue weighted by molar-refractivity contribution is 5.92. The van der Waals surface area contributed by atoms with Crippen LogP contribution in [0.2, 0.25) is 0 Å². The van der Waals surface area contributed by atoms with E-state index in [0.717, 1.165) is 0 Å². The molecule has 2 amide bonds. The van der Waals surface area contributed by atoms with Crippen LogP contribution in [0.4, 0.5) is 10.5 Å². The van der Waals surface area contributed by atoms with Gasteiger partial charge in [0, 0.05) is 12.4 Å². The van der Waals surface area contributed by atoms with Gasteiger partial charge in [0.1, 0.15) is 5.82 Å². The van der Waals surface area contributed by atoms with Crippen molar-refractivity contribution in [2.45, 2.75) is 13.5 Å². The molecule has 2 heterocycles. The summed E-state index contributed by atoms with van der Waals surface area (Å²) in [4.78, 5) is 34.4. The zero-order valence-electron chi connectivity index (χ0n) is 11.2. The van der Waals surface area contributed by atoms with E-state index < -0.39 is 12.0 Å². The van der Waals surface area contributed by atoms with Crippen molar-refractivity contribution < 1.29 is 14.7 Å². The van der Waals surface area contributed by atoms with Crippen molar-refractivity contribution in [3.8, 4) is 0 Å². The number of nitrogens with zero attached hydrogens (tertiary/aromatic N) is 3. The van der Waals surface area contributed by atoms with Gasteiger partial charge in [0.15, 0.2) is 0 Å². The van der Waals surface area contributed by atoms with E-state index in [1.807, 2.05) is 0 Å². The Morgan fingerprint density at radius 3 is 2.86 bits per heavy atom. The average Bonchev–Trinajstić information content (AvgIpc) is 2.45. The summed E-state index contributed by atoms with van der Waals surface area (Å²) in [6, 6.07) is 2.54. The summed E-state index contributed by atoms with van der Waals surface area (Å²) in [6.45, 7) is 1.99. The summed E-state index contributed by atoms with van der Waals surface area (Å²) in [6.07, 6.45) is 4.17. The molecule has 2 aromatic heterocycles. The molecule has 0 saturated heterocycles. The quantitative estimate of drug-likeness (QED) is 0.777. The lowest BCUT2D eigenvalue weighted by Gasteiger charge is -2.07. The zero-order chi connectivity index (χ0) is 15.2. The lowest BCUT2D eigenvalue weighted by Crippen LogP contribution is -2.28. The summed E-state index contributed by atoms with van der Waals surface area (Å²) in [5.74, 6) is -0.490. The molecule has 0 radical (unpaired) electrons. The predicted molar refractivity (Wildman–Crippen MR) is 73.8 cm³/mol. The fourth-order valence-electron chi connectivity index (χ4n) is 1.57. The normalized spacial score (nSPS) is 9.95. The van der Waals surface area contributed by atoms with Gasteiger partial charge in [-0.25, -0.2) is 19.6 Å². The first-order valence-electron chi connectivity index (χ1n) is 6.06. The summed E-state index contributed by atoms with van der Waals surface area (Å²) in [5.41, 5.74) is 0.973. The van der Waals surface area contributed by atoms with Crippen LogP contribution in [0, 0.1) is 6.92 Å². The number of carbonyl (C=O) groups excluding carboxylic acids is 1. The molecule has 3 N–H and O–H groups in total. The van der Waals surface area contributed by atoms with Gasteiger partial charge in [-0.3, -0.25) is 4.98 Å². The third-order valence-corrected chi connectivity index (χ3v) is 2.51. The van der Waals surface area contributed by atoms with Gasteiger partial charge in [0.25, 0.3) is 0 Å². The van der Waals surface area contributed by atoms with Crippen molar-refractivity contribution in [2.24, 2.45) is 0 Å². The predicted octanol–water partition coefficient (Wildman–Crippen LogP) is 1.20. The maximum Gasteiger partial charge on any atom is 0.337 e. The maximum absolute atomic E-state index is 11.7. The van der Waals surface area contributed by atoms with Gasteiger partial charge >= 0.3 is 12.0 Å². The van der Waals surface area contributed by atoms with Crippen LogP contribution >= 0.6 is 0 Å². The van der Waals surface area contributed by atoms with E-state index in [0.29, 0.717) is 17.2 Å². The van der Waals surface area contributed by atoms with E-state index >= 15 is 0 Å². The third-order valence-electron chi connectivity index (χ3n) is 2.51. The van der Waals surface area contributed by atoms with Gasteiger partial charge in [-0.2, -0.15) is 0 Å². The Balaban J connectivity index is 1.93. The second kappa shape index (κ2) is 6.42. The third kappa shape index (κ3) is 4.23. The van der Waals surface area contributed by atoms with Gasteiger partial charge in [0.2, 0.25) is 0 Å². The Hall–Kier alpha value is -3.03. The van der Waals surface area contributed by atoms with Crippen molar-refractivity contribution in [3.63, 3.8) is 0 Å². The van der Waals surface area contributed by atoms with Crippen LogP contribution in [0.1, 0.15) is 21.9 Å². The molecular weight excluding hydrogens is 274 g/mol. The topological polar surface area (TPSA) is 117 Å². The van der Waals surface area contributed by atoms with Gasteiger partial charge in [-0.05, 0) is 19.1 Å². The number of hydrogen-bond acceptors (Lipinski definition) is 5. The molecule has 0 aliphatic rings. The van der Waals surface area contributed by atoms with Crippen molar-refractivity contribution in [3.05, 3.63) is 47.8 Å². The molecule has 2 aromatic rings. The van der Waals surface area contributed by atoms with Gasteiger partial charge in [-0.15, -0.1) is 0 Å². The Labute approximate surface area is 120 Å². The summed E-state index contributed by atoms with van der Waals surface area (Å²) in [5, 5.41) is 13.9. The van der Waals surface area contributed by atoms with E-state index in [9.17, 15) is 9.59 Å². The van der Waals surface area contributed by atoms with Crippen molar-refractivity contribution >= 4 is 17.7 Å². The van der Waals surface area contributed by atoms with Gasteiger partial charge in [0.05, 0.1) is 29.7 Å². The van der Waals surface area contributed by atoms with Crippen molar-refractivity contribution in [1.29, 1.82) is 0 Å². The van der Waals surface area contributed by atoms with Gasteiger partial charge < -0.3 is 15.7 Å². The summed E-state index contributed by atoms with van der Waals surface area (Å²) in [7, 11) is 0. The van der Waals surface area contributed by atoms with E-state index in [2.05, 4.69) is 25.6 Å². The second-order valence-corrected chi connectivity index (χ2v) is 4.17. The number of carbonyl (C=O) groups is 2. The van der Waals surface area contributed by atoms with Crippen LogP contribution in [0.5, 0.6) is 0 Å². The van der Waals surface area contributed by atoms with Crippen molar-refractivity contribution in [2.75, 3.05) is 5.32 Å². The van der Waals surface area contributed by atoms with Crippen LogP contribution in [0.15, 0.2) is 30.7 Å². The minimum Gasteiger partial charge on any atom is -0.478 e. The molecule has 0 fully saturated rings. The number of pyridine rings is 1. The molecule has 0 unspecified atom stereocenters. The Morgan fingerprint density at radius 2 is 2.14 bits per heavy atom. The molecule has 0 bridgehead atoms. The Morgan fingerprint density at radius 1 is 1.33 bits per heavy atom. The first-order chi connectivity index (χ1) is 10.0. The van der Waals surface area contributed by atoms with E-state index in [-0.39, 0.29) is 12.1 Å². The fraction of sp³-hybridized carbons (Fsp3) is 0.154. The number of carboxylic acids is 1. The van der Waals surface area contributed by atoms with Crippen LogP contribution in [0.25, 0.3) is 0 Å². The molecule has 2 rings (SSSR count). The zero-order valence-corrected chi connectivity index (χ0v) is 11.2. The minimum atomic E-state index is -1.11. The standard InChI is InChI=1S/C13H13N5O3/c1-8-15-3-2-10(17-8)7-16-13(21)18-11-4-9(12(19)20)5-14-6-11/h2-6H,7H2,1H3,(H,19,20)(H2,16,18,21). The minimum absolute atomic E-state index is 0.000717. The fourth-order valence-corrected chi connectivity index (χ4v) is 1.57. The molecule has 0 spiro atoms. The SMILES string of the molecule is Cc1nccc(CNC(=O)Nc2cncc(C(=O)O)c2)n1. The molecule has 0 aliphatic carbocycles. The molecule has 0 saturated carbocycles. The average molecular weight is 287 g/mol. The van der Waals surface area contributed by atoms with E-state index in [1.165, 1.54) is 18.5 Å².